The number of nitroso groups, excluding NO2 is 2. The largest absolute Gasteiger partial charge is 0.290 e. The van der Waals surface area contributed by atoms with Gasteiger partial charge >= 0.3 is 0 Å². The second kappa shape index (κ2) is 3.43. The van der Waals surface area contributed by atoms with Gasteiger partial charge in [0.05, 0.1) is 11.0 Å². The normalized spacial score (nSPS) is 9.23. The van der Waals surface area contributed by atoms with Crippen LogP contribution in [0.15, 0.2) is 22.6 Å². The summed E-state index contributed by atoms with van der Waals surface area (Å²) >= 11 is 0. The highest BCUT2D eigenvalue weighted by Gasteiger charge is 2.12. The van der Waals surface area contributed by atoms with Crippen LogP contribution in [0.3, 0.4) is 0 Å². The Labute approximate surface area is 70.7 Å². The Bertz CT molecular complexity index is 377. The van der Waals surface area contributed by atoms with E-state index in [2.05, 4.69) is 15.3 Å². The minimum Gasteiger partial charge on any atom is -0.258 e. The Balaban J connectivity index is 3.28. The van der Waals surface area contributed by atoms with E-state index in [1.165, 1.54) is 0 Å². The van der Waals surface area contributed by atoms with Gasteiger partial charge in [-0.15, -0.1) is 9.81 Å². The topological polar surface area (TPSA) is 115 Å². The molecule has 1 aromatic heterocycles. The number of aromatic nitrogens is 1. The van der Waals surface area contributed by atoms with Crippen LogP contribution < -0.4 is 0 Å². The smallest absolute Gasteiger partial charge is 0.258 e. The van der Waals surface area contributed by atoms with Crippen molar-refractivity contribution in [2.24, 2.45) is 10.4 Å². The second-order valence-corrected chi connectivity index (χ2v) is 1.98. The molecule has 1 heterocycles. The highest BCUT2D eigenvalue weighted by Crippen LogP contribution is 2.28. The summed E-state index contributed by atoms with van der Waals surface area (Å²) in [5.74, 6) is -0.458. The molecule has 8 nitrogen and oxygen atoms in total. The summed E-state index contributed by atoms with van der Waals surface area (Å²) < 4.78 is 0. The van der Waals surface area contributed by atoms with Crippen molar-refractivity contribution < 1.29 is 4.92 Å². The molecular formula is C5H2N4O4. The van der Waals surface area contributed by atoms with E-state index < -0.39 is 22.1 Å². The molecule has 0 saturated carbocycles. The van der Waals surface area contributed by atoms with Crippen LogP contribution in [0.1, 0.15) is 0 Å². The van der Waals surface area contributed by atoms with Crippen LogP contribution in [-0.2, 0) is 0 Å². The Morgan fingerprint density at radius 2 is 2.08 bits per heavy atom. The highest BCUT2D eigenvalue weighted by atomic mass is 16.6. The molecule has 0 aliphatic heterocycles. The van der Waals surface area contributed by atoms with Crippen molar-refractivity contribution in [3.63, 3.8) is 0 Å². The van der Waals surface area contributed by atoms with E-state index in [0.717, 1.165) is 12.3 Å². The van der Waals surface area contributed by atoms with Crippen LogP contribution in [0, 0.1) is 19.9 Å². The summed E-state index contributed by atoms with van der Waals surface area (Å²) in [6, 6.07) is 0.830. The van der Waals surface area contributed by atoms with Gasteiger partial charge < -0.3 is 0 Å². The third-order valence-corrected chi connectivity index (χ3v) is 1.23. The standard InChI is InChI=1S/C5H2N4O4/c10-7-4-1-3(9(12)13)2-6-5(4)8-11/h1-2H. The maximum atomic E-state index is 10.2. The van der Waals surface area contributed by atoms with Crippen molar-refractivity contribution in [3.8, 4) is 0 Å². The number of rotatable bonds is 3. The van der Waals surface area contributed by atoms with Gasteiger partial charge in [-0.25, -0.2) is 4.98 Å². The molecule has 0 aromatic carbocycles. The Kier molecular flexibility index (Phi) is 2.33. The fraction of sp³-hybridized carbons (Fsp3) is 0. The van der Waals surface area contributed by atoms with Crippen molar-refractivity contribution in [1.82, 2.24) is 4.98 Å². The minimum absolute atomic E-state index is 0.415. The molecule has 0 radical (unpaired) electrons. The van der Waals surface area contributed by atoms with Gasteiger partial charge in [-0.3, -0.25) is 10.1 Å². The maximum Gasteiger partial charge on any atom is 0.290 e. The van der Waals surface area contributed by atoms with Crippen LogP contribution in [0.4, 0.5) is 17.2 Å². The first-order valence-electron chi connectivity index (χ1n) is 3.00. The average Bonchev–Trinajstić information content (AvgIpc) is 2.16. The molecule has 1 rings (SSSR count). The molecule has 0 spiro atoms. The van der Waals surface area contributed by atoms with E-state index >= 15 is 0 Å². The third-order valence-electron chi connectivity index (χ3n) is 1.23. The van der Waals surface area contributed by atoms with E-state index in [-0.39, 0.29) is 0 Å². The van der Waals surface area contributed by atoms with Crippen molar-refractivity contribution in [3.05, 3.63) is 32.2 Å². The zero-order valence-corrected chi connectivity index (χ0v) is 6.08. The van der Waals surface area contributed by atoms with Gasteiger partial charge in [-0.2, -0.15) is 0 Å². The number of pyridine rings is 1. The molecule has 0 saturated heterocycles. The van der Waals surface area contributed by atoms with Crippen LogP contribution in [0.2, 0.25) is 0 Å². The van der Waals surface area contributed by atoms with Gasteiger partial charge in [0.15, 0.2) is 5.69 Å². The fourth-order valence-electron chi connectivity index (χ4n) is 0.673. The van der Waals surface area contributed by atoms with E-state index in [1.807, 2.05) is 0 Å². The first kappa shape index (κ1) is 8.84. The monoisotopic (exact) mass is 182 g/mol. The Morgan fingerprint density at radius 1 is 1.38 bits per heavy atom. The van der Waals surface area contributed by atoms with Crippen LogP contribution in [-0.4, -0.2) is 9.91 Å². The molecule has 0 amide bonds. The van der Waals surface area contributed by atoms with Crippen LogP contribution >= 0.6 is 0 Å². The van der Waals surface area contributed by atoms with Crippen molar-refractivity contribution in [2.75, 3.05) is 0 Å². The van der Waals surface area contributed by atoms with Gasteiger partial charge in [0.2, 0.25) is 5.82 Å². The maximum absolute atomic E-state index is 10.2. The van der Waals surface area contributed by atoms with Crippen molar-refractivity contribution >= 4 is 17.2 Å². The lowest BCUT2D eigenvalue weighted by molar-refractivity contribution is -0.385. The fourth-order valence-corrected chi connectivity index (χ4v) is 0.673. The van der Waals surface area contributed by atoms with Gasteiger partial charge in [0.1, 0.15) is 6.20 Å². The summed E-state index contributed by atoms with van der Waals surface area (Å²) in [7, 11) is 0. The molecule has 0 unspecified atom stereocenters. The van der Waals surface area contributed by atoms with E-state index in [0.29, 0.717) is 0 Å². The first-order chi connectivity index (χ1) is 6.19. The molecule has 66 valence electrons. The van der Waals surface area contributed by atoms with E-state index in [1.54, 1.807) is 0 Å². The number of hydrogen-bond donors (Lipinski definition) is 0. The number of nitrogens with zero attached hydrogens (tertiary/aromatic N) is 4. The van der Waals surface area contributed by atoms with Gasteiger partial charge in [0, 0.05) is 0 Å². The predicted octanol–water partition coefficient (Wildman–Crippen LogP) is 1.79. The molecule has 0 N–H and O–H groups in total. The Hall–Kier alpha value is -2.25. The summed E-state index contributed by atoms with van der Waals surface area (Å²) in [4.78, 5) is 32.7. The second-order valence-electron chi connectivity index (χ2n) is 1.98. The number of hydrogen-bond acceptors (Lipinski definition) is 7. The summed E-state index contributed by atoms with van der Waals surface area (Å²) in [5.41, 5.74) is -0.855. The highest BCUT2D eigenvalue weighted by molar-refractivity contribution is 5.59. The van der Waals surface area contributed by atoms with Gasteiger partial charge in [0.25, 0.3) is 5.69 Å². The van der Waals surface area contributed by atoms with Crippen LogP contribution in [0.25, 0.3) is 0 Å². The van der Waals surface area contributed by atoms with Gasteiger partial charge in [-0.05, 0) is 10.4 Å². The van der Waals surface area contributed by atoms with Gasteiger partial charge in [-0.1, -0.05) is 0 Å². The van der Waals surface area contributed by atoms with E-state index in [9.17, 15) is 19.9 Å². The van der Waals surface area contributed by atoms with Crippen LogP contribution in [0.5, 0.6) is 0 Å². The van der Waals surface area contributed by atoms with Crippen molar-refractivity contribution in [2.45, 2.75) is 0 Å². The predicted molar refractivity (Wildman–Crippen MR) is 41.8 cm³/mol. The van der Waals surface area contributed by atoms with Crippen molar-refractivity contribution in [1.29, 1.82) is 0 Å². The molecule has 0 aliphatic rings. The molecular weight excluding hydrogens is 180 g/mol. The zero-order valence-electron chi connectivity index (χ0n) is 6.08. The third kappa shape index (κ3) is 1.67. The Morgan fingerprint density at radius 3 is 2.54 bits per heavy atom. The van der Waals surface area contributed by atoms with E-state index in [4.69, 9.17) is 0 Å². The molecule has 0 fully saturated rings. The molecule has 8 heteroatoms. The molecule has 0 aliphatic carbocycles. The summed E-state index contributed by atoms with van der Waals surface area (Å²) in [6.45, 7) is 0. The molecule has 0 atom stereocenters. The lowest BCUT2D eigenvalue weighted by Crippen LogP contribution is -1.88. The average molecular weight is 182 g/mol. The molecule has 13 heavy (non-hydrogen) atoms. The minimum atomic E-state index is -0.754. The number of nitro groups is 1. The molecule has 0 bridgehead atoms. The SMILES string of the molecule is O=Nc1cc([N+](=O)[O-])cnc1N=O. The summed E-state index contributed by atoms with van der Waals surface area (Å²) in [5, 5.41) is 14.9. The lowest BCUT2D eigenvalue weighted by atomic mass is 10.3. The first-order valence-corrected chi connectivity index (χ1v) is 3.00. The zero-order chi connectivity index (χ0) is 9.84. The molecule has 1 aromatic rings. The quantitative estimate of drug-likeness (QED) is 0.401. The summed E-state index contributed by atoms with van der Waals surface area (Å²) in [6.07, 6.45) is 0.825. The lowest BCUT2D eigenvalue weighted by Gasteiger charge is -1.92.